The molecule has 3 nitrogen and oxygen atoms in total. The Morgan fingerprint density at radius 1 is 1.33 bits per heavy atom. The molecule has 0 aliphatic carbocycles. The molecule has 0 unspecified atom stereocenters. The van der Waals surface area contributed by atoms with Crippen LogP contribution in [0, 0.1) is 6.92 Å². The molecule has 3 heteroatoms. The number of rotatable bonds is 1. The highest BCUT2D eigenvalue weighted by Crippen LogP contribution is 2.00. The van der Waals surface area contributed by atoms with Crippen LogP contribution in [0.3, 0.4) is 0 Å². The maximum atomic E-state index is 10.9. The zero-order valence-corrected chi connectivity index (χ0v) is 7.97. The lowest BCUT2D eigenvalue weighted by Gasteiger charge is -1.97. The van der Waals surface area contributed by atoms with Crippen LogP contribution in [0.2, 0.25) is 0 Å². The Bertz CT molecular complexity index is 278. The highest BCUT2D eigenvalue weighted by molar-refractivity contribution is 5.16. The number of H-pyrrole nitrogens is 1. The fourth-order valence-corrected chi connectivity index (χ4v) is 0.648. The predicted molar refractivity (Wildman–Crippen MR) is 49.7 cm³/mol. The van der Waals surface area contributed by atoms with E-state index < -0.39 is 0 Å². The molecule has 0 aliphatic heterocycles. The van der Waals surface area contributed by atoms with Crippen molar-refractivity contribution in [2.75, 3.05) is 7.11 Å². The summed E-state index contributed by atoms with van der Waals surface area (Å²) in [6.07, 6.45) is 0. The van der Waals surface area contributed by atoms with Crippen LogP contribution in [0.15, 0.2) is 16.9 Å². The van der Waals surface area contributed by atoms with Gasteiger partial charge < -0.3 is 4.74 Å². The minimum Gasteiger partial charge on any atom is -0.482 e. The first-order valence-electron chi connectivity index (χ1n) is 3.98. The molecular weight excluding hydrogens is 154 g/mol. The second-order valence-electron chi connectivity index (χ2n) is 2.04. The lowest BCUT2D eigenvalue weighted by Crippen LogP contribution is -2.09. The zero-order valence-electron chi connectivity index (χ0n) is 7.97. The number of methoxy groups -OCH3 is 1. The third-order valence-corrected chi connectivity index (χ3v) is 1.30. The average molecular weight is 169 g/mol. The van der Waals surface area contributed by atoms with E-state index in [0.717, 1.165) is 0 Å². The van der Waals surface area contributed by atoms with Crippen molar-refractivity contribution in [2.45, 2.75) is 20.8 Å². The van der Waals surface area contributed by atoms with Crippen molar-refractivity contribution in [3.63, 3.8) is 0 Å². The second kappa shape index (κ2) is 5.41. The normalized spacial score (nSPS) is 8.33. The molecule has 0 saturated heterocycles. The van der Waals surface area contributed by atoms with Crippen molar-refractivity contribution < 1.29 is 4.74 Å². The summed E-state index contributed by atoms with van der Waals surface area (Å²) in [7, 11) is 1.51. The van der Waals surface area contributed by atoms with Crippen molar-refractivity contribution in [1.82, 2.24) is 4.98 Å². The fourth-order valence-electron chi connectivity index (χ4n) is 0.648. The molecule has 0 bridgehead atoms. The van der Waals surface area contributed by atoms with Gasteiger partial charge in [0.05, 0.1) is 7.11 Å². The molecule has 0 atom stereocenters. The molecule has 0 saturated carbocycles. The first-order valence-corrected chi connectivity index (χ1v) is 3.98. The van der Waals surface area contributed by atoms with Crippen molar-refractivity contribution in [3.05, 3.63) is 28.0 Å². The van der Waals surface area contributed by atoms with Crippen LogP contribution in [0.5, 0.6) is 5.88 Å². The zero-order chi connectivity index (χ0) is 9.56. The average Bonchev–Trinajstić information content (AvgIpc) is 2.13. The van der Waals surface area contributed by atoms with Gasteiger partial charge in [-0.15, -0.1) is 0 Å². The summed E-state index contributed by atoms with van der Waals surface area (Å²) in [6.45, 7) is 5.75. The summed E-state index contributed by atoms with van der Waals surface area (Å²) < 4.78 is 4.79. The van der Waals surface area contributed by atoms with Gasteiger partial charge in [0.25, 0.3) is 5.56 Å². The Morgan fingerprint density at radius 3 is 2.33 bits per heavy atom. The Kier molecular flexibility index (Phi) is 4.84. The quantitative estimate of drug-likeness (QED) is 0.695. The number of pyridine rings is 1. The van der Waals surface area contributed by atoms with E-state index in [4.69, 9.17) is 4.74 Å². The Hall–Kier alpha value is -1.25. The summed E-state index contributed by atoms with van der Waals surface area (Å²) in [5.41, 5.74) is 0.597. The van der Waals surface area contributed by atoms with Crippen LogP contribution in [-0.4, -0.2) is 12.1 Å². The molecule has 0 aliphatic rings. The van der Waals surface area contributed by atoms with E-state index in [0.29, 0.717) is 11.4 Å². The molecule has 1 heterocycles. The SMILES string of the molecule is CC.COc1ccc(C)c(=O)[nH]1. The summed E-state index contributed by atoms with van der Waals surface area (Å²) in [6, 6.07) is 3.44. The van der Waals surface area contributed by atoms with E-state index in [9.17, 15) is 4.79 Å². The van der Waals surface area contributed by atoms with Gasteiger partial charge in [-0.3, -0.25) is 9.78 Å². The molecular formula is C9H15NO2. The van der Waals surface area contributed by atoms with Crippen LogP contribution in [-0.2, 0) is 0 Å². The Morgan fingerprint density at radius 2 is 1.92 bits per heavy atom. The van der Waals surface area contributed by atoms with E-state index in [2.05, 4.69) is 4.98 Å². The molecule has 68 valence electrons. The first-order chi connectivity index (χ1) is 5.74. The molecule has 1 rings (SSSR count). The van der Waals surface area contributed by atoms with Gasteiger partial charge in [0.15, 0.2) is 5.88 Å². The first kappa shape index (κ1) is 10.8. The highest BCUT2D eigenvalue weighted by Gasteiger charge is 1.93. The largest absolute Gasteiger partial charge is 0.482 e. The number of aromatic nitrogens is 1. The van der Waals surface area contributed by atoms with E-state index in [-0.39, 0.29) is 5.56 Å². The Balaban J connectivity index is 0.000000561. The molecule has 1 aromatic heterocycles. The van der Waals surface area contributed by atoms with Crippen LogP contribution in [0.4, 0.5) is 0 Å². The van der Waals surface area contributed by atoms with Crippen LogP contribution in [0.1, 0.15) is 19.4 Å². The van der Waals surface area contributed by atoms with E-state index >= 15 is 0 Å². The number of nitrogens with one attached hydrogen (secondary N) is 1. The van der Waals surface area contributed by atoms with Crippen molar-refractivity contribution in [1.29, 1.82) is 0 Å². The van der Waals surface area contributed by atoms with Crippen LogP contribution in [0.25, 0.3) is 0 Å². The minimum absolute atomic E-state index is 0.0978. The second-order valence-corrected chi connectivity index (χ2v) is 2.04. The lowest BCUT2D eigenvalue weighted by molar-refractivity contribution is 0.396. The monoisotopic (exact) mass is 169 g/mol. The van der Waals surface area contributed by atoms with Crippen molar-refractivity contribution >= 4 is 0 Å². The molecule has 0 amide bonds. The number of ether oxygens (including phenoxy) is 1. The van der Waals surface area contributed by atoms with Crippen LogP contribution < -0.4 is 10.3 Å². The maximum absolute atomic E-state index is 10.9. The van der Waals surface area contributed by atoms with Crippen LogP contribution >= 0.6 is 0 Å². The molecule has 0 radical (unpaired) electrons. The van der Waals surface area contributed by atoms with E-state index in [1.54, 1.807) is 19.1 Å². The predicted octanol–water partition coefficient (Wildman–Crippen LogP) is 1.72. The smallest absolute Gasteiger partial charge is 0.253 e. The van der Waals surface area contributed by atoms with Crippen molar-refractivity contribution in [3.8, 4) is 5.88 Å². The minimum atomic E-state index is -0.0978. The lowest BCUT2D eigenvalue weighted by atomic mass is 10.3. The van der Waals surface area contributed by atoms with Gasteiger partial charge in [-0.2, -0.15) is 0 Å². The molecule has 1 N–H and O–H groups in total. The van der Waals surface area contributed by atoms with Gasteiger partial charge >= 0.3 is 0 Å². The highest BCUT2D eigenvalue weighted by atomic mass is 16.5. The summed E-state index contributed by atoms with van der Waals surface area (Å²) in [5.74, 6) is 0.496. The summed E-state index contributed by atoms with van der Waals surface area (Å²) in [4.78, 5) is 13.4. The maximum Gasteiger partial charge on any atom is 0.253 e. The topological polar surface area (TPSA) is 42.1 Å². The number of hydrogen-bond donors (Lipinski definition) is 1. The molecule has 1 aromatic rings. The third kappa shape index (κ3) is 2.78. The van der Waals surface area contributed by atoms with Gasteiger partial charge in [-0.1, -0.05) is 13.8 Å². The van der Waals surface area contributed by atoms with Gasteiger partial charge in [0.2, 0.25) is 0 Å². The molecule has 0 aromatic carbocycles. The number of aromatic amines is 1. The standard InChI is InChI=1S/C7H9NO2.C2H6/c1-5-3-4-6(10-2)8-7(5)9;1-2/h3-4H,1-2H3,(H,8,9);1-2H3. The van der Waals surface area contributed by atoms with E-state index in [1.165, 1.54) is 7.11 Å². The van der Waals surface area contributed by atoms with Gasteiger partial charge in [-0.05, 0) is 19.1 Å². The third-order valence-electron chi connectivity index (χ3n) is 1.30. The van der Waals surface area contributed by atoms with Crippen molar-refractivity contribution in [2.24, 2.45) is 0 Å². The summed E-state index contributed by atoms with van der Waals surface area (Å²) >= 11 is 0. The molecule has 0 spiro atoms. The van der Waals surface area contributed by atoms with Gasteiger partial charge in [0, 0.05) is 5.56 Å². The number of aryl methyl sites for hydroxylation is 1. The molecule has 12 heavy (non-hydrogen) atoms. The van der Waals surface area contributed by atoms with Gasteiger partial charge in [0.1, 0.15) is 0 Å². The Labute approximate surface area is 72.4 Å². The molecule has 0 fully saturated rings. The summed E-state index contributed by atoms with van der Waals surface area (Å²) in [5, 5.41) is 0. The van der Waals surface area contributed by atoms with E-state index in [1.807, 2.05) is 13.8 Å². The number of hydrogen-bond acceptors (Lipinski definition) is 2. The fraction of sp³-hybridized carbons (Fsp3) is 0.444. The van der Waals surface area contributed by atoms with Gasteiger partial charge in [-0.25, -0.2) is 0 Å².